The number of amides is 4. The Hall–Kier alpha value is -6.13. The van der Waals surface area contributed by atoms with Crippen LogP contribution < -0.4 is 15.6 Å². The van der Waals surface area contributed by atoms with Crippen LogP contribution in [0.5, 0.6) is 0 Å². The number of unbranched alkanes of at least 4 members (excludes halogenated alkanes) is 2. The Balaban J connectivity index is 0.863. The summed E-state index contributed by atoms with van der Waals surface area (Å²) in [5.74, 6) is 0.0172. The molecule has 0 saturated carbocycles. The molecule has 2 fully saturated rings. The van der Waals surface area contributed by atoms with E-state index in [-0.39, 0.29) is 48.1 Å². The van der Waals surface area contributed by atoms with E-state index < -0.39 is 12.1 Å². The van der Waals surface area contributed by atoms with Gasteiger partial charge in [-0.3, -0.25) is 33.1 Å². The Morgan fingerprint density at radius 2 is 1.63 bits per heavy atom. The van der Waals surface area contributed by atoms with Crippen molar-refractivity contribution in [3.05, 3.63) is 81.7 Å². The number of benzene rings is 2. The van der Waals surface area contributed by atoms with Gasteiger partial charge in [-0.25, -0.2) is 13.6 Å². The highest BCUT2D eigenvalue weighted by molar-refractivity contribution is 6.11. The van der Waals surface area contributed by atoms with Crippen LogP contribution in [0.15, 0.2) is 53.6 Å². The van der Waals surface area contributed by atoms with Crippen molar-refractivity contribution in [2.75, 3.05) is 36.1 Å². The minimum atomic E-state index is -2.69. The van der Waals surface area contributed by atoms with Gasteiger partial charge in [0.05, 0.1) is 29.8 Å². The van der Waals surface area contributed by atoms with Crippen LogP contribution in [0.3, 0.4) is 0 Å². The highest BCUT2D eigenvalue weighted by atomic mass is 19.3. The number of para-hydroxylation sites is 2. The molecule has 62 heavy (non-hydrogen) atoms. The van der Waals surface area contributed by atoms with Gasteiger partial charge >= 0.3 is 5.69 Å². The zero-order valence-corrected chi connectivity index (χ0v) is 35.3. The maximum atomic E-state index is 14.7. The van der Waals surface area contributed by atoms with Crippen molar-refractivity contribution in [2.24, 2.45) is 7.05 Å². The number of carbonyl (C=O) groups is 4. The van der Waals surface area contributed by atoms with Crippen LogP contribution in [-0.4, -0.2) is 88.4 Å². The molecular formula is C45H52F2N10O5. The molecule has 0 spiro atoms. The summed E-state index contributed by atoms with van der Waals surface area (Å²) in [5, 5.41) is 10.5. The fourth-order valence-electron chi connectivity index (χ4n) is 9.88. The van der Waals surface area contributed by atoms with Gasteiger partial charge in [0, 0.05) is 107 Å². The second-order valence-electron chi connectivity index (χ2n) is 17.0. The molecule has 0 radical (unpaired) electrons. The van der Waals surface area contributed by atoms with Crippen LogP contribution in [0.4, 0.5) is 20.3 Å². The van der Waals surface area contributed by atoms with Crippen molar-refractivity contribution in [2.45, 2.75) is 110 Å². The molecule has 4 amide bonds. The summed E-state index contributed by atoms with van der Waals surface area (Å²) < 4.78 is 35.9. The highest BCUT2D eigenvalue weighted by Crippen LogP contribution is 2.44. The summed E-state index contributed by atoms with van der Waals surface area (Å²) >= 11 is 0. The summed E-state index contributed by atoms with van der Waals surface area (Å²) in [4.78, 5) is 70.9. The van der Waals surface area contributed by atoms with Crippen LogP contribution >= 0.6 is 0 Å². The van der Waals surface area contributed by atoms with Gasteiger partial charge in [-0.1, -0.05) is 18.6 Å². The van der Waals surface area contributed by atoms with Crippen molar-refractivity contribution in [3.8, 4) is 11.1 Å². The molecule has 0 unspecified atom stereocenters. The molecule has 9 rings (SSSR count). The van der Waals surface area contributed by atoms with E-state index in [9.17, 15) is 32.8 Å². The van der Waals surface area contributed by atoms with E-state index in [2.05, 4.69) is 14.7 Å². The molecule has 326 valence electrons. The number of carbonyl (C=O) groups excluding carboxylic acids is 4. The van der Waals surface area contributed by atoms with E-state index in [1.54, 1.807) is 53.8 Å². The number of hydrogen-bond acceptors (Lipinski definition) is 8. The molecule has 0 aliphatic carbocycles. The molecule has 7 heterocycles. The Morgan fingerprint density at radius 1 is 0.871 bits per heavy atom. The van der Waals surface area contributed by atoms with Crippen molar-refractivity contribution < 1.29 is 28.0 Å². The first-order valence-electron chi connectivity index (χ1n) is 21.9. The number of halogens is 2. The third-order valence-electron chi connectivity index (χ3n) is 13.1. The number of likely N-dealkylation sites (tertiary alicyclic amines) is 1. The van der Waals surface area contributed by atoms with E-state index in [4.69, 9.17) is 5.10 Å². The summed E-state index contributed by atoms with van der Waals surface area (Å²) in [6.07, 6.45) is 7.62. The third kappa shape index (κ3) is 7.59. The Morgan fingerprint density at radius 3 is 2.34 bits per heavy atom. The predicted molar refractivity (Wildman–Crippen MR) is 228 cm³/mol. The first kappa shape index (κ1) is 41.2. The second kappa shape index (κ2) is 17.0. The van der Waals surface area contributed by atoms with Crippen LogP contribution in [0.2, 0.25) is 0 Å². The Labute approximate surface area is 357 Å². The summed E-state index contributed by atoms with van der Waals surface area (Å²) in [6.45, 7) is 4.70. The standard InChI is InChI=1S/C45H52F2N10O5/c1-29(58)52-23-18-36-35(28-52)44(53-20-9-10-30-24-33(31-26-48-50(2)27-31)34(43(46)47)25-39(30)53)49-55(36)32-16-21-51(22-17-32)40(59)13-4-3-7-19-54-37-11-5-6-12-38(37)56(45(54)62)57-41(60)14-8-15-42(57)61/h5-6,11-12,24-27,32,43H,3-4,7-10,13-23,28H2,1-2H3. The van der Waals surface area contributed by atoms with Gasteiger partial charge < -0.3 is 14.7 Å². The normalized spacial score (nSPS) is 17.4. The molecule has 2 aromatic carbocycles. The van der Waals surface area contributed by atoms with Crippen molar-refractivity contribution in [1.29, 1.82) is 0 Å². The molecule has 5 aromatic rings. The number of fused-ring (bicyclic) bond motifs is 3. The lowest BCUT2D eigenvalue weighted by molar-refractivity contribution is -0.133. The molecule has 0 bridgehead atoms. The quantitative estimate of drug-likeness (QED) is 0.118. The SMILES string of the molecule is CC(=O)N1CCc2c(c(N3CCCc4cc(-c5cnn(C)c5)c(C(F)F)cc43)nn2C2CCN(C(=O)CCCCCn3c(=O)n(N4C(=O)CCCC4=O)c4ccccc43)CC2)C1. The van der Waals surface area contributed by atoms with Gasteiger partial charge in [0.1, 0.15) is 0 Å². The van der Waals surface area contributed by atoms with Crippen LogP contribution in [0.25, 0.3) is 22.2 Å². The van der Waals surface area contributed by atoms with Gasteiger partial charge in [-0.2, -0.15) is 19.9 Å². The zero-order chi connectivity index (χ0) is 43.2. The molecule has 4 aliphatic rings. The third-order valence-corrected chi connectivity index (χ3v) is 13.1. The smallest absolute Gasteiger partial charge is 0.343 e. The fraction of sp³-hybridized carbons (Fsp3) is 0.489. The predicted octanol–water partition coefficient (Wildman–Crippen LogP) is 5.93. The lowest BCUT2D eigenvalue weighted by Gasteiger charge is -2.34. The minimum Gasteiger partial charge on any atom is -0.343 e. The Kier molecular flexibility index (Phi) is 11.3. The van der Waals surface area contributed by atoms with Gasteiger partial charge in [0.2, 0.25) is 23.6 Å². The van der Waals surface area contributed by atoms with Gasteiger partial charge in [0.25, 0.3) is 6.43 Å². The van der Waals surface area contributed by atoms with Gasteiger partial charge in [-0.05, 0) is 80.3 Å². The molecule has 4 aliphatic heterocycles. The van der Waals surface area contributed by atoms with Gasteiger partial charge in [0.15, 0.2) is 5.82 Å². The van der Waals surface area contributed by atoms with E-state index in [1.165, 1.54) is 4.68 Å². The van der Waals surface area contributed by atoms with E-state index >= 15 is 0 Å². The molecule has 0 N–H and O–H groups in total. The monoisotopic (exact) mass is 850 g/mol. The molecule has 3 aromatic heterocycles. The summed E-state index contributed by atoms with van der Waals surface area (Å²) in [5.41, 5.74) is 5.52. The molecule has 17 heteroatoms. The maximum absolute atomic E-state index is 14.7. The van der Waals surface area contributed by atoms with E-state index in [0.717, 1.165) is 46.8 Å². The molecular weight excluding hydrogens is 799 g/mol. The van der Waals surface area contributed by atoms with Crippen molar-refractivity contribution in [1.82, 2.24) is 38.6 Å². The maximum Gasteiger partial charge on any atom is 0.348 e. The largest absolute Gasteiger partial charge is 0.348 e. The molecule has 15 nitrogen and oxygen atoms in total. The summed E-state index contributed by atoms with van der Waals surface area (Å²) in [6, 6.07) is 10.7. The van der Waals surface area contributed by atoms with Crippen LogP contribution in [-0.2, 0) is 52.2 Å². The number of anilines is 2. The lowest BCUT2D eigenvalue weighted by atomic mass is 9.92. The molecule has 2 saturated heterocycles. The van der Waals surface area contributed by atoms with E-state index in [1.807, 2.05) is 28.0 Å². The zero-order valence-electron chi connectivity index (χ0n) is 35.3. The first-order valence-corrected chi connectivity index (χ1v) is 21.9. The number of nitrogens with zero attached hydrogens (tertiary/aromatic N) is 10. The Bertz CT molecular complexity index is 2600. The lowest BCUT2D eigenvalue weighted by Crippen LogP contribution is -2.52. The number of imide groups is 1. The van der Waals surface area contributed by atoms with Crippen LogP contribution in [0.1, 0.15) is 106 Å². The average molecular weight is 851 g/mol. The average Bonchev–Trinajstić information content (AvgIpc) is 3.96. The minimum absolute atomic E-state index is 0.0222. The summed E-state index contributed by atoms with van der Waals surface area (Å²) in [7, 11) is 1.77. The van der Waals surface area contributed by atoms with Crippen molar-refractivity contribution in [3.63, 3.8) is 0 Å². The number of hydrogen-bond donors (Lipinski definition) is 0. The van der Waals surface area contributed by atoms with E-state index in [0.29, 0.717) is 112 Å². The number of rotatable bonds is 11. The molecule has 0 atom stereocenters. The number of aryl methyl sites for hydroxylation is 3. The number of alkyl halides is 2. The van der Waals surface area contributed by atoms with Gasteiger partial charge in [-0.15, -0.1) is 0 Å². The fourth-order valence-corrected chi connectivity index (χ4v) is 9.88. The number of piperidine rings is 2. The first-order chi connectivity index (χ1) is 30.0. The number of imidazole rings is 1. The topological polar surface area (TPSA) is 144 Å². The number of aromatic nitrogens is 6. The van der Waals surface area contributed by atoms with Crippen molar-refractivity contribution >= 4 is 46.2 Å². The second-order valence-corrected chi connectivity index (χ2v) is 17.0. The van der Waals surface area contributed by atoms with Crippen LogP contribution in [0, 0.1) is 0 Å². The highest BCUT2D eigenvalue weighted by Gasteiger charge is 2.36.